The largest absolute Gasteiger partial charge is 0.432 e. The molecule has 0 aliphatic carbocycles. The van der Waals surface area contributed by atoms with Gasteiger partial charge in [-0.15, -0.1) is 0 Å². The molecule has 0 unspecified atom stereocenters. The zero-order valence-corrected chi connectivity index (χ0v) is 12.3. The summed E-state index contributed by atoms with van der Waals surface area (Å²) in [5.74, 6) is -0.197. The van der Waals surface area contributed by atoms with Crippen molar-refractivity contribution < 1.29 is 23.0 Å². The van der Waals surface area contributed by atoms with Crippen molar-refractivity contribution in [3.05, 3.63) is 30.5 Å². The Hall–Kier alpha value is -2.28. The molecule has 122 valence electrons. The van der Waals surface area contributed by atoms with Gasteiger partial charge in [-0.2, -0.15) is 8.78 Å². The number of anilines is 1. The second-order valence-electron chi connectivity index (χ2n) is 5.28. The van der Waals surface area contributed by atoms with Crippen LogP contribution in [0.2, 0.25) is 0 Å². The van der Waals surface area contributed by atoms with Crippen molar-refractivity contribution in [2.45, 2.75) is 32.0 Å². The van der Waals surface area contributed by atoms with Gasteiger partial charge in [-0.05, 0) is 37.1 Å². The number of amides is 1. The lowest BCUT2D eigenvalue weighted by Gasteiger charge is -2.13. The molecular weight excluding hydrogens is 306 g/mol. The van der Waals surface area contributed by atoms with Gasteiger partial charge in [0.2, 0.25) is 5.91 Å². The molecule has 1 N–H and O–H groups in total. The first-order valence-electron chi connectivity index (χ1n) is 7.37. The Morgan fingerprint density at radius 1 is 1.43 bits per heavy atom. The second-order valence-corrected chi connectivity index (χ2v) is 5.28. The molecule has 7 heteroatoms. The fraction of sp³-hybridized carbons (Fsp3) is 0.375. The smallest absolute Gasteiger partial charge is 0.387 e. The SMILES string of the molecule is O=C(C[C@H]1CCCO1)Nc1ccc(OC(F)F)c2ncccc12. The summed E-state index contributed by atoms with van der Waals surface area (Å²) >= 11 is 0. The topological polar surface area (TPSA) is 60.5 Å². The van der Waals surface area contributed by atoms with Crippen molar-refractivity contribution in [3.8, 4) is 5.75 Å². The number of nitrogens with one attached hydrogen (secondary N) is 1. The molecule has 0 spiro atoms. The normalized spacial score (nSPS) is 17.6. The zero-order valence-electron chi connectivity index (χ0n) is 12.3. The third-order valence-electron chi connectivity index (χ3n) is 3.66. The number of pyridine rings is 1. The number of fused-ring (bicyclic) bond motifs is 1. The van der Waals surface area contributed by atoms with E-state index in [0.29, 0.717) is 17.7 Å². The number of nitrogens with zero attached hydrogens (tertiary/aromatic N) is 1. The van der Waals surface area contributed by atoms with Gasteiger partial charge in [0.15, 0.2) is 5.75 Å². The Morgan fingerprint density at radius 3 is 3.04 bits per heavy atom. The number of halogens is 2. The molecule has 0 radical (unpaired) electrons. The van der Waals surface area contributed by atoms with E-state index in [1.54, 1.807) is 12.1 Å². The third-order valence-corrected chi connectivity index (χ3v) is 3.66. The van der Waals surface area contributed by atoms with Crippen LogP contribution in [-0.2, 0) is 9.53 Å². The molecule has 1 fully saturated rings. The van der Waals surface area contributed by atoms with Crippen LogP contribution < -0.4 is 10.1 Å². The molecule has 3 rings (SSSR count). The summed E-state index contributed by atoms with van der Waals surface area (Å²) in [5, 5.41) is 3.34. The molecule has 1 atom stereocenters. The molecule has 2 aromatic rings. The van der Waals surface area contributed by atoms with Gasteiger partial charge in [0.25, 0.3) is 0 Å². The number of hydrogen-bond donors (Lipinski definition) is 1. The van der Waals surface area contributed by atoms with Crippen LogP contribution in [0.15, 0.2) is 30.5 Å². The van der Waals surface area contributed by atoms with E-state index >= 15 is 0 Å². The van der Waals surface area contributed by atoms with Gasteiger partial charge < -0.3 is 14.8 Å². The Labute approximate surface area is 131 Å². The van der Waals surface area contributed by atoms with Crippen molar-refractivity contribution in [3.63, 3.8) is 0 Å². The number of carbonyl (C=O) groups excluding carboxylic acids is 1. The highest BCUT2D eigenvalue weighted by atomic mass is 19.3. The first-order chi connectivity index (χ1) is 11.1. The molecule has 1 aromatic heterocycles. The minimum absolute atomic E-state index is 0.0206. The van der Waals surface area contributed by atoms with Crippen molar-refractivity contribution in [2.24, 2.45) is 0 Å². The quantitative estimate of drug-likeness (QED) is 0.917. The van der Waals surface area contributed by atoms with Crippen molar-refractivity contribution in [1.29, 1.82) is 0 Å². The number of benzene rings is 1. The monoisotopic (exact) mass is 322 g/mol. The van der Waals surface area contributed by atoms with E-state index in [-0.39, 0.29) is 29.7 Å². The van der Waals surface area contributed by atoms with Gasteiger partial charge in [0, 0.05) is 18.2 Å². The van der Waals surface area contributed by atoms with Crippen LogP contribution in [-0.4, -0.2) is 30.2 Å². The fourth-order valence-corrected chi connectivity index (χ4v) is 2.66. The lowest BCUT2D eigenvalue weighted by atomic mass is 10.1. The first kappa shape index (κ1) is 15.6. The third kappa shape index (κ3) is 3.73. The average molecular weight is 322 g/mol. The summed E-state index contributed by atoms with van der Waals surface area (Å²) < 4.78 is 34.8. The van der Waals surface area contributed by atoms with Crippen LogP contribution in [0.1, 0.15) is 19.3 Å². The van der Waals surface area contributed by atoms with Crippen LogP contribution in [0, 0.1) is 0 Å². The van der Waals surface area contributed by atoms with Gasteiger partial charge in [-0.1, -0.05) is 0 Å². The van der Waals surface area contributed by atoms with E-state index in [0.717, 1.165) is 12.8 Å². The highest BCUT2D eigenvalue weighted by molar-refractivity contribution is 6.02. The van der Waals surface area contributed by atoms with E-state index in [9.17, 15) is 13.6 Å². The number of rotatable bonds is 5. The minimum atomic E-state index is -2.93. The summed E-state index contributed by atoms with van der Waals surface area (Å²) in [5.41, 5.74) is 0.792. The molecule has 1 aliphatic heterocycles. The maximum absolute atomic E-state index is 12.5. The van der Waals surface area contributed by atoms with Gasteiger partial charge in [0.05, 0.1) is 18.2 Å². The standard InChI is InChI=1S/C16H16F2N2O3/c17-16(18)23-13-6-5-12(11-4-1-7-19-15(11)13)20-14(21)9-10-3-2-8-22-10/h1,4-7,10,16H,2-3,8-9H2,(H,20,21)/t10-/m1/s1. The predicted octanol–water partition coefficient (Wildman–Crippen LogP) is 3.34. The summed E-state index contributed by atoms with van der Waals surface area (Å²) in [6.45, 7) is -2.25. The van der Waals surface area contributed by atoms with Crippen molar-refractivity contribution in [1.82, 2.24) is 4.98 Å². The Balaban J connectivity index is 1.82. The van der Waals surface area contributed by atoms with Gasteiger partial charge >= 0.3 is 6.61 Å². The van der Waals surface area contributed by atoms with Crippen LogP contribution in [0.4, 0.5) is 14.5 Å². The van der Waals surface area contributed by atoms with Crippen LogP contribution in [0.5, 0.6) is 5.75 Å². The van der Waals surface area contributed by atoms with E-state index < -0.39 is 6.61 Å². The minimum Gasteiger partial charge on any atom is -0.432 e. The first-order valence-corrected chi connectivity index (χ1v) is 7.37. The average Bonchev–Trinajstić information content (AvgIpc) is 3.02. The van der Waals surface area contributed by atoms with Gasteiger partial charge in [0.1, 0.15) is 5.52 Å². The van der Waals surface area contributed by atoms with E-state index in [1.165, 1.54) is 18.3 Å². The second kappa shape index (κ2) is 6.87. The Kier molecular flexibility index (Phi) is 4.66. The van der Waals surface area contributed by atoms with Crippen LogP contribution >= 0.6 is 0 Å². The molecule has 1 saturated heterocycles. The van der Waals surface area contributed by atoms with E-state index in [4.69, 9.17) is 4.74 Å². The highest BCUT2D eigenvalue weighted by Gasteiger charge is 2.20. The summed E-state index contributed by atoms with van der Waals surface area (Å²) in [6.07, 6.45) is 3.54. The van der Waals surface area contributed by atoms with Crippen molar-refractivity contribution >= 4 is 22.5 Å². The number of carbonyl (C=O) groups is 1. The number of ether oxygens (including phenoxy) is 2. The predicted molar refractivity (Wildman–Crippen MR) is 80.6 cm³/mol. The number of aromatic nitrogens is 1. The highest BCUT2D eigenvalue weighted by Crippen LogP contribution is 2.31. The molecule has 0 saturated carbocycles. The molecule has 1 amide bonds. The molecule has 1 aliphatic rings. The maximum atomic E-state index is 12.5. The lowest BCUT2D eigenvalue weighted by Crippen LogP contribution is -2.19. The molecular formula is C16H16F2N2O3. The van der Waals surface area contributed by atoms with Crippen molar-refractivity contribution in [2.75, 3.05) is 11.9 Å². The zero-order chi connectivity index (χ0) is 16.2. The summed E-state index contributed by atoms with van der Waals surface area (Å²) in [6, 6.07) is 6.28. The Bertz CT molecular complexity index is 703. The van der Waals surface area contributed by atoms with Gasteiger partial charge in [-0.25, -0.2) is 0 Å². The molecule has 1 aromatic carbocycles. The van der Waals surface area contributed by atoms with E-state index in [1.807, 2.05) is 0 Å². The number of alkyl halides is 2. The van der Waals surface area contributed by atoms with E-state index in [2.05, 4.69) is 15.0 Å². The van der Waals surface area contributed by atoms with Gasteiger partial charge in [-0.3, -0.25) is 9.78 Å². The maximum Gasteiger partial charge on any atom is 0.387 e. The molecule has 5 nitrogen and oxygen atoms in total. The molecule has 23 heavy (non-hydrogen) atoms. The summed E-state index contributed by atoms with van der Waals surface area (Å²) in [4.78, 5) is 16.2. The fourth-order valence-electron chi connectivity index (χ4n) is 2.66. The number of hydrogen-bond acceptors (Lipinski definition) is 4. The molecule has 2 heterocycles. The van der Waals surface area contributed by atoms with Crippen LogP contribution in [0.3, 0.4) is 0 Å². The Morgan fingerprint density at radius 2 is 2.30 bits per heavy atom. The van der Waals surface area contributed by atoms with Crippen LogP contribution in [0.25, 0.3) is 10.9 Å². The summed E-state index contributed by atoms with van der Waals surface area (Å²) in [7, 11) is 0. The lowest BCUT2D eigenvalue weighted by molar-refractivity contribution is -0.118. The molecule has 0 bridgehead atoms.